The van der Waals surface area contributed by atoms with Crippen molar-refractivity contribution in [1.82, 2.24) is 10.3 Å². The number of pyridine rings is 1. The standard InChI is InChI=1S/C16H18BN3O6/c18-13(9-4-6-19-7-5-9)15(22)20-12(17(25)26)8-10-2-1-3-11(14(10)21)16(23)24/h1-7,12-13,21,25-26H,8,18H2,(H,20,22)(H,23,24). The first-order valence-electron chi connectivity index (χ1n) is 7.67. The van der Waals surface area contributed by atoms with E-state index in [4.69, 9.17) is 10.8 Å². The smallest absolute Gasteiger partial charge is 0.475 e. The number of rotatable bonds is 7. The summed E-state index contributed by atoms with van der Waals surface area (Å²) in [5.41, 5.74) is 6.14. The first kappa shape index (κ1) is 19.4. The maximum atomic E-state index is 12.3. The first-order chi connectivity index (χ1) is 12.3. The average Bonchev–Trinajstić information content (AvgIpc) is 2.62. The van der Waals surface area contributed by atoms with Crippen molar-refractivity contribution >= 4 is 19.0 Å². The third-order valence-electron chi connectivity index (χ3n) is 3.83. The van der Waals surface area contributed by atoms with Crippen LogP contribution in [0, 0.1) is 0 Å². The summed E-state index contributed by atoms with van der Waals surface area (Å²) < 4.78 is 0. The minimum absolute atomic E-state index is 0.140. The molecule has 10 heteroatoms. The Labute approximate surface area is 149 Å². The molecule has 1 heterocycles. The van der Waals surface area contributed by atoms with E-state index in [2.05, 4.69) is 10.3 Å². The molecule has 0 aliphatic rings. The molecule has 0 fully saturated rings. The van der Waals surface area contributed by atoms with Crippen molar-refractivity contribution in [2.24, 2.45) is 5.73 Å². The lowest BCUT2D eigenvalue weighted by molar-refractivity contribution is -0.122. The largest absolute Gasteiger partial charge is 0.507 e. The van der Waals surface area contributed by atoms with Crippen molar-refractivity contribution in [3.63, 3.8) is 0 Å². The van der Waals surface area contributed by atoms with E-state index in [-0.39, 0.29) is 17.5 Å². The third-order valence-corrected chi connectivity index (χ3v) is 3.83. The molecule has 0 spiro atoms. The third kappa shape index (κ3) is 4.57. The summed E-state index contributed by atoms with van der Waals surface area (Å²) in [4.78, 5) is 27.2. The summed E-state index contributed by atoms with van der Waals surface area (Å²) in [7, 11) is -1.95. The molecule has 2 rings (SSSR count). The number of carboxylic acid groups (broad SMARTS) is 1. The Morgan fingerprint density at radius 2 is 1.85 bits per heavy atom. The zero-order valence-corrected chi connectivity index (χ0v) is 13.6. The van der Waals surface area contributed by atoms with Gasteiger partial charge in [0.1, 0.15) is 17.4 Å². The summed E-state index contributed by atoms with van der Waals surface area (Å²) >= 11 is 0. The zero-order valence-electron chi connectivity index (χ0n) is 13.6. The Bertz CT molecular complexity index is 787. The number of aromatic carboxylic acids is 1. The van der Waals surface area contributed by atoms with Crippen LogP contribution in [-0.2, 0) is 11.2 Å². The van der Waals surface area contributed by atoms with Crippen molar-refractivity contribution in [2.75, 3.05) is 0 Å². The summed E-state index contributed by atoms with van der Waals surface area (Å²) in [6.07, 6.45) is 2.73. The monoisotopic (exact) mass is 359 g/mol. The molecule has 0 radical (unpaired) electrons. The minimum Gasteiger partial charge on any atom is -0.507 e. The number of amides is 1. The molecule has 7 N–H and O–H groups in total. The number of nitrogens with one attached hydrogen (secondary N) is 1. The number of carboxylic acids is 1. The van der Waals surface area contributed by atoms with Crippen molar-refractivity contribution in [3.05, 3.63) is 59.4 Å². The van der Waals surface area contributed by atoms with Crippen LogP contribution in [0.3, 0.4) is 0 Å². The predicted molar refractivity (Wildman–Crippen MR) is 92.1 cm³/mol. The maximum absolute atomic E-state index is 12.3. The predicted octanol–water partition coefficient (Wildman–Crippen LogP) is -0.775. The van der Waals surface area contributed by atoms with E-state index in [1.807, 2.05) is 0 Å². The van der Waals surface area contributed by atoms with Gasteiger partial charge in [-0.3, -0.25) is 9.78 Å². The van der Waals surface area contributed by atoms with E-state index < -0.39 is 36.7 Å². The van der Waals surface area contributed by atoms with Gasteiger partial charge in [0.05, 0.1) is 5.94 Å². The van der Waals surface area contributed by atoms with Crippen molar-refractivity contribution in [2.45, 2.75) is 18.4 Å². The van der Waals surface area contributed by atoms with Gasteiger partial charge < -0.3 is 31.3 Å². The molecule has 0 aliphatic heterocycles. The summed E-state index contributed by atoms with van der Waals surface area (Å²) in [6, 6.07) is 6.09. The van der Waals surface area contributed by atoms with Gasteiger partial charge in [-0.15, -0.1) is 0 Å². The molecule has 1 amide bonds. The van der Waals surface area contributed by atoms with Crippen LogP contribution in [0.15, 0.2) is 42.7 Å². The summed E-state index contributed by atoms with van der Waals surface area (Å²) in [6.45, 7) is 0. The number of benzene rings is 1. The van der Waals surface area contributed by atoms with Crippen LogP contribution in [-0.4, -0.2) is 50.2 Å². The topological polar surface area (TPSA) is 166 Å². The van der Waals surface area contributed by atoms with Crippen LogP contribution in [0.2, 0.25) is 0 Å². The van der Waals surface area contributed by atoms with Gasteiger partial charge in [-0.2, -0.15) is 0 Å². The summed E-state index contributed by atoms with van der Waals surface area (Å²) in [5, 5.41) is 40.5. The summed E-state index contributed by atoms with van der Waals surface area (Å²) in [5.74, 6) is -3.69. The Kier molecular flexibility index (Phi) is 6.28. The second kappa shape index (κ2) is 8.43. The molecule has 1 aromatic carbocycles. The highest BCUT2D eigenvalue weighted by Crippen LogP contribution is 2.24. The molecule has 26 heavy (non-hydrogen) atoms. The highest BCUT2D eigenvalue weighted by Gasteiger charge is 2.29. The van der Waals surface area contributed by atoms with E-state index in [0.717, 1.165) is 0 Å². The first-order valence-corrected chi connectivity index (χ1v) is 7.67. The lowest BCUT2D eigenvalue weighted by Crippen LogP contribution is -2.50. The van der Waals surface area contributed by atoms with E-state index in [1.165, 1.54) is 30.6 Å². The second-order valence-corrected chi connectivity index (χ2v) is 5.61. The van der Waals surface area contributed by atoms with Gasteiger partial charge >= 0.3 is 13.1 Å². The lowest BCUT2D eigenvalue weighted by Gasteiger charge is -2.21. The molecule has 1 aromatic heterocycles. The molecule has 2 aromatic rings. The SMILES string of the molecule is NC(C(=O)NC(Cc1cccc(C(=O)O)c1O)B(O)O)c1ccncc1. The van der Waals surface area contributed by atoms with Gasteiger partial charge in [-0.25, -0.2) is 4.79 Å². The minimum atomic E-state index is -1.95. The maximum Gasteiger partial charge on any atom is 0.475 e. The van der Waals surface area contributed by atoms with Gasteiger partial charge in [0.2, 0.25) is 5.91 Å². The molecule has 9 nitrogen and oxygen atoms in total. The number of aromatic nitrogens is 1. The van der Waals surface area contributed by atoms with E-state index in [0.29, 0.717) is 5.56 Å². The molecular formula is C16H18BN3O6. The lowest BCUT2D eigenvalue weighted by atomic mass is 9.75. The van der Waals surface area contributed by atoms with Crippen LogP contribution in [0.25, 0.3) is 0 Å². The van der Waals surface area contributed by atoms with E-state index in [1.54, 1.807) is 12.1 Å². The number of hydrogen-bond acceptors (Lipinski definition) is 7. The highest BCUT2D eigenvalue weighted by atomic mass is 16.4. The van der Waals surface area contributed by atoms with Crippen LogP contribution < -0.4 is 11.1 Å². The molecule has 0 saturated carbocycles. The normalized spacial score (nSPS) is 12.9. The number of carbonyl (C=O) groups is 2. The van der Waals surface area contributed by atoms with Crippen molar-refractivity contribution < 1.29 is 29.9 Å². The number of hydrogen-bond donors (Lipinski definition) is 6. The van der Waals surface area contributed by atoms with Gasteiger partial charge in [0, 0.05) is 12.4 Å². The van der Waals surface area contributed by atoms with Crippen molar-refractivity contribution in [1.29, 1.82) is 0 Å². The quantitative estimate of drug-likeness (QED) is 0.350. The van der Waals surface area contributed by atoms with Gasteiger partial charge in [-0.1, -0.05) is 12.1 Å². The molecule has 2 atom stereocenters. The number of phenols is 1. The second-order valence-electron chi connectivity index (χ2n) is 5.61. The highest BCUT2D eigenvalue weighted by molar-refractivity contribution is 6.43. The fourth-order valence-corrected chi connectivity index (χ4v) is 2.39. The average molecular weight is 359 g/mol. The number of carbonyl (C=O) groups excluding carboxylic acids is 1. The molecule has 2 unspecified atom stereocenters. The Morgan fingerprint density at radius 1 is 1.19 bits per heavy atom. The molecule has 0 saturated heterocycles. The molecule has 136 valence electrons. The fraction of sp³-hybridized carbons (Fsp3) is 0.188. The van der Waals surface area contributed by atoms with Gasteiger partial charge in [0.25, 0.3) is 0 Å². The number of nitrogens with two attached hydrogens (primary N) is 1. The Morgan fingerprint density at radius 3 is 2.42 bits per heavy atom. The van der Waals surface area contributed by atoms with Crippen LogP contribution >= 0.6 is 0 Å². The van der Waals surface area contributed by atoms with Gasteiger partial charge in [-0.05, 0) is 35.7 Å². The molecule has 0 bridgehead atoms. The zero-order chi connectivity index (χ0) is 19.3. The van der Waals surface area contributed by atoms with Gasteiger partial charge in [0.15, 0.2) is 0 Å². The molecular weight excluding hydrogens is 341 g/mol. The van der Waals surface area contributed by atoms with Crippen LogP contribution in [0.5, 0.6) is 5.75 Å². The molecule has 0 aliphatic carbocycles. The Hall–Kier alpha value is -2.95. The number of aromatic hydroxyl groups is 1. The number of para-hydroxylation sites is 1. The van der Waals surface area contributed by atoms with E-state index >= 15 is 0 Å². The van der Waals surface area contributed by atoms with Crippen LogP contribution in [0.1, 0.15) is 27.5 Å². The van der Waals surface area contributed by atoms with Crippen molar-refractivity contribution in [3.8, 4) is 5.75 Å². The van der Waals surface area contributed by atoms with E-state index in [9.17, 15) is 24.7 Å². The number of nitrogens with zero attached hydrogens (tertiary/aromatic N) is 1. The van der Waals surface area contributed by atoms with Crippen LogP contribution in [0.4, 0.5) is 0 Å². The fourth-order valence-electron chi connectivity index (χ4n) is 2.39. The Balaban J connectivity index is 2.16.